The Hall–Kier alpha value is -2.07. The summed E-state index contributed by atoms with van der Waals surface area (Å²) in [4.78, 5) is 12.3. The predicted octanol–water partition coefficient (Wildman–Crippen LogP) is 2.06. The summed E-state index contributed by atoms with van der Waals surface area (Å²) >= 11 is 0. The molecule has 0 aromatic heterocycles. The van der Waals surface area contributed by atoms with Crippen molar-refractivity contribution in [2.45, 2.75) is 12.5 Å². The van der Waals surface area contributed by atoms with Gasteiger partial charge in [0.1, 0.15) is 5.75 Å². The Balaban J connectivity index is 1.98. The molecule has 0 aliphatic carbocycles. The molecule has 0 saturated carbocycles. The fraction of sp³-hybridized carbons (Fsp3) is 0.267. The van der Waals surface area contributed by atoms with E-state index in [0.29, 0.717) is 18.8 Å². The molecule has 1 aliphatic rings. The molecule has 4 nitrogen and oxygen atoms in total. The van der Waals surface area contributed by atoms with Gasteiger partial charge in [0, 0.05) is 6.61 Å². The van der Waals surface area contributed by atoms with Crippen LogP contribution in [-0.4, -0.2) is 30.3 Å². The smallest absolute Gasteiger partial charge is 0.255 e. The molecule has 1 saturated heterocycles. The van der Waals surface area contributed by atoms with Crippen molar-refractivity contribution < 1.29 is 14.6 Å². The number of phenols is 1. The topological polar surface area (TPSA) is 58.6 Å². The molecule has 2 aromatic rings. The molecular formula is C15H15NO3. The minimum atomic E-state index is -0.246. The molecule has 1 fully saturated rings. The van der Waals surface area contributed by atoms with Crippen molar-refractivity contribution >= 4 is 16.7 Å². The first kappa shape index (κ1) is 12.0. The molecule has 0 bridgehead atoms. The van der Waals surface area contributed by atoms with Gasteiger partial charge in [0.25, 0.3) is 5.91 Å². The lowest BCUT2D eigenvalue weighted by molar-refractivity contribution is 0.0929. The molecule has 1 amide bonds. The second-order valence-electron chi connectivity index (χ2n) is 4.71. The van der Waals surface area contributed by atoms with Crippen molar-refractivity contribution in [2.75, 3.05) is 13.2 Å². The third kappa shape index (κ3) is 2.27. The number of hydrogen-bond acceptors (Lipinski definition) is 3. The first-order chi connectivity index (χ1) is 9.25. The Bertz CT molecular complexity index is 618. The zero-order chi connectivity index (χ0) is 13.2. The van der Waals surface area contributed by atoms with E-state index in [4.69, 9.17) is 4.74 Å². The first-order valence-corrected chi connectivity index (χ1v) is 6.35. The highest BCUT2D eigenvalue weighted by molar-refractivity contribution is 6.09. The van der Waals surface area contributed by atoms with E-state index in [2.05, 4.69) is 5.32 Å². The van der Waals surface area contributed by atoms with E-state index in [1.54, 1.807) is 12.1 Å². The monoisotopic (exact) mass is 257 g/mol. The molecule has 1 aliphatic heterocycles. The highest BCUT2D eigenvalue weighted by Gasteiger charge is 2.21. The summed E-state index contributed by atoms with van der Waals surface area (Å²) in [5, 5.41) is 14.6. The van der Waals surface area contributed by atoms with Gasteiger partial charge >= 0.3 is 0 Å². The van der Waals surface area contributed by atoms with Crippen molar-refractivity contribution in [3.05, 3.63) is 42.0 Å². The maximum absolute atomic E-state index is 12.3. The zero-order valence-corrected chi connectivity index (χ0v) is 10.4. The van der Waals surface area contributed by atoms with E-state index in [-0.39, 0.29) is 17.7 Å². The number of phenolic OH excluding ortho intramolecular Hbond substituents is 1. The van der Waals surface area contributed by atoms with E-state index < -0.39 is 0 Å². The lowest BCUT2D eigenvalue weighted by Crippen LogP contribution is -2.35. The summed E-state index contributed by atoms with van der Waals surface area (Å²) in [6.07, 6.45) is 0.817. The highest BCUT2D eigenvalue weighted by Crippen LogP contribution is 2.27. The van der Waals surface area contributed by atoms with Crippen molar-refractivity contribution in [1.29, 1.82) is 0 Å². The van der Waals surface area contributed by atoms with Crippen LogP contribution in [0.15, 0.2) is 36.4 Å². The molecular weight excluding hydrogens is 242 g/mol. The molecule has 2 aromatic carbocycles. The van der Waals surface area contributed by atoms with Gasteiger partial charge in [0.15, 0.2) is 0 Å². The Labute approximate surface area is 111 Å². The fourth-order valence-electron chi connectivity index (χ4n) is 2.40. The van der Waals surface area contributed by atoms with Crippen LogP contribution in [0, 0.1) is 0 Å². The molecule has 19 heavy (non-hydrogen) atoms. The van der Waals surface area contributed by atoms with Gasteiger partial charge in [-0.1, -0.05) is 30.3 Å². The Morgan fingerprint density at radius 2 is 2.11 bits per heavy atom. The van der Waals surface area contributed by atoms with E-state index in [9.17, 15) is 9.90 Å². The summed E-state index contributed by atoms with van der Waals surface area (Å²) in [6.45, 7) is 1.21. The van der Waals surface area contributed by atoms with Crippen LogP contribution in [0.3, 0.4) is 0 Å². The van der Waals surface area contributed by atoms with Gasteiger partial charge in [-0.05, 0) is 23.3 Å². The summed E-state index contributed by atoms with van der Waals surface area (Å²) in [5.41, 5.74) is 0.338. The van der Waals surface area contributed by atoms with E-state index in [0.717, 1.165) is 17.2 Å². The van der Waals surface area contributed by atoms with Gasteiger partial charge in [0.05, 0.1) is 18.2 Å². The van der Waals surface area contributed by atoms with Gasteiger partial charge in [-0.2, -0.15) is 0 Å². The van der Waals surface area contributed by atoms with Gasteiger partial charge in [0.2, 0.25) is 0 Å². The fourth-order valence-corrected chi connectivity index (χ4v) is 2.40. The molecule has 4 heteroatoms. The van der Waals surface area contributed by atoms with Crippen molar-refractivity contribution in [3.8, 4) is 5.75 Å². The lowest BCUT2D eigenvalue weighted by Gasteiger charge is -2.13. The van der Waals surface area contributed by atoms with Crippen LogP contribution >= 0.6 is 0 Å². The second-order valence-corrected chi connectivity index (χ2v) is 4.71. The number of nitrogens with one attached hydrogen (secondary N) is 1. The minimum absolute atomic E-state index is 0.00937. The number of rotatable bonds is 2. The molecule has 0 radical (unpaired) electrons. The average Bonchev–Trinajstić information content (AvgIpc) is 2.91. The van der Waals surface area contributed by atoms with Gasteiger partial charge in [-0.15, -0.1) is 0 Å². The van der Waals surface area contributed by atoms with Crippen molar-refractivity contribution in [2.24, 2.45) is 0 Å². The highest BCUT2D eigenvalue weighted by atomic mass is 16.5. The molecule has 1 heterocycles. The van der Waals surface area contributed by atoms with Crippen molar-refractivity contribution in [1.82, 2.24) is 5.32 Å². The standard InChI is InChI=1S/C15H15NO3/c17-13-6-5-10-3-1-2-4-12(10)14(13)15(18)16-11-7-8-19-9-11/h1-6,11,17H,7-9H2,(H,16,18)/t11-/m0/s1. The van der Waals surface area contributed by atoms with Crippen molar-refractivity contribution in [3.63, 3.8) is 0 Å². The van der Waals surface area contributed by atoms with Crippen LogP contribution < -0.4 is 5.32 Å². The van der Waals surface area contributed by atoms with Gasteiger partial charge in [-0.3, -0.25) is 4.79 Å². The molecule has 2 N–H and O–H groups in total. The number of hydrogen-bond donors (Lipinski definition) is 2. The summed E-state index contributed by atoms with van der Waals surface area (Å²) in [5.74, 6) is -0.236. The molecule has 98 valence electrons. The third-order valence-corrected chi connectivity index (χ3v) is 3.40. The number of fused-ring (bicyclic) bond motifs is 1. The van der Waals surface area contributed by atoms with Crippen LogP contribution in [-0.2, 0) is 4.74 Å². The normalized spacial score (nSPS) is 18.6. The number of aromatic hydroxyl groups is 1. The number of carbonyl (C=O) groups excluding carboxylic acids is 1. The summed E-state index contributed by atoms with van der Waals surface area (Å²) in [6, 6.07) is 10.9. The molecule has 0 spiro atoms. The second kappa shape index (κ2) is 4.90. The first-order valence-electron chi connectivity index (χ1n) is 6.35. The zero-order valence-electron chi connectivity index (χ0n) is 10.4. The summed E-state index contributed by atoms with van der Waals surface area (Å²) < 4.78 is 5.23. The Kier molecular flexibility index (Phi) is 3.09. The van der Waals surface area contributed by atoms with E-state index >= 15 is 0 Å². The van der Waals surface area contributed by atoms with Gasteiger partial charge < -0.3 is 15.2 Å². The van der Waals surface area contributed by atoms with Crippen LogP contribution in [0.25, 0.3) is 10.8 Å². The van der Waals surface area contributed by atoms with Gasteiger partial charge in [-0.25, -0.2) is 0 Å². The number of benzene rings is 2. The molecule has 3 rings (SSSR count). The number of amides is 1. The largest absolute Gasteiger partial charge is 0.507 e. The number of carbonyl (C=O) groups is 1. The van der Waals surface area contributed by atoms with E-state index in [1.807, 2.05) is 24.3 Å². The van der Waals surface area contributed by atoms with Crippen LogP contribution in [0.4, 0.5) is 0 Å². The van der Waals surface area contributed by atoms with E-state index in [1.165, 1.54) is 0 Å². The third-order valence-electron chi connectivity index (χ3n) is 3.40. The van der Waals surface area contributed by atoms with Crippen LogP contribution in [0.5, 0.6) is 5.75 Å². The lowest BCUT2D eigenvalue weighted by atomic mass is 10.0. The summed E-state index contributed by atoms with van der Waals surface area (Å²) in [7, 11) is 0. The Morgan fingerprint density at radius 3 is 2.89 bits per heavy atom. The predicted molar refractivity (Wildman–Crippen MR) is 72.3 cm³/mol. The quantitative estimate of drug-likeness (QED) is 0.865. The Morgan fingerprint density at radius 1 is 1.26 bits per heavy atom. The van der Waals surface area contributed by atoms with Crippen LogP contribution in [0.2, 0.25) is 0 Å². The SMILES string of the molecule is O=C(N[C@H]1CCOC1)c1c(O)ccc2ccccc12. The molecule has 1 atom stereocenters. The maximum Gasteiger partial charge on any atom is 0.255 e. The maximum atomic E-state index is 12.3. The molecule has 0 unspecified atom stereocenters. The minimum Gasteiger partial charge on any atom is -0.507 e. The number of ether oxygens (including phenoxy) is 1. The average molecular weight is 257 g/mol. The van der Waals surface area contributed by atoms with Crippen LogP contribution in [0.1, 0.15) is 16.8 Å².